The number of nitrogens with two attached hydrogens (primary N) is 1. The molecule has 0 bridgehead atoms. The Kier molecular flexibility index (Phi) is 3.73. The minimum Gasteiger partial charge on any atom is -0.339 e. The van der Waals surface area contributed by atoms with Crippen molar-refractivity contribution in [3.8, 4) is 11.5 Å². The van der Waals surface area contributed by atoms with Crippen LogP contribution >= 0.6 is 0 Å². The second kappa shape index (κ2) is 5.66. The number of rotatable bonds is 3. The Bertz CT molecular complexity index is 557. The molecule has 2 aromatic heterocycles. The Morgan fingerprint density at radius 1 is 1.20 bits per heavy atom. The molecule has 20 heavy (non-hydrogen) atoms. The molecule has 1 aliphatic rings. The van der Waals surface area contributed by atoms with Gasteiger partial charge in [-0.3, -0.25) is 0 Å². The van der Waals surface area contributed by atoms with E-state index in [-0.39, 0.29) is 0 Å². The number of nitrogens with zero attached hydrogens (tertiary/aromatic N) is 4. The summed E-state index contributed by atoms with van der Waals surface area (Å²) in [5, 5.41) is 12.1. The predicted octanol–water partition coefficient (Wildman–Crippen LogP) is 2.07. The second-order valence-electron chi connectivity index (χ2n) is 5.47. The van der Waals surface area contributed by atoms with Crippen LogP contribution < -0.4 is 5.73 Å². The van der Waals surface area contributed by atoms with Gasteiger partial charge in [-0.15, -0.1) is 5.10 Å². The molecular formula is C14H19N5O. The first-order valence-electron chi connectivity index (χ1n) is 7.10. The molecule has 2 aromatic rings. The molecule has 0 spiro atoms. The molecule has 0 saturated heterocycles. The van der Waals surface area contributed by atoms with Crippen LogP contribution in [0.4, 0.5) is 0 Å². The van der Waals surface area contributed by atoms with Crippen molar-refractivity contribution in [3.63, 3.8) is 0 Å². The van der Waals surface area contributed by atoms with E-state index in [9.17, 15) is 0 Å². The van der Waals surface area contributed by atoms with Crippen molar-refractivity contribution in [1.29, 1.82) is 0 Å². The van der Waals surface area contributed by atoms with E-state index in [2.05, 4.69) is 20.3 Å². The molecule has 6 nitrogen and oxygen atoms in total. The molecule has 0 amide bonds. The lowest BCUT2D eigenvalue weighted by molar-refractivity contribution is 0.275. The van der Waals surface area contributed by atoms with Crippen LogP contribution in [0.5, 0.6) is 0 Å². The summed E-state index contributed by atoms with van der Waals surface area (Å²) in [4.78, 5) is 4.47. The standard InChI is InChI=1S/C14H19N5O/c1-9-2-7-12(18-17-9)13-16-14(20-19-13)11-5-3-10(8-15)4-6-11/h2,7,10-11H,3-6,8,15H2,1H3/t10-,11-. The minimum absolute atomic E-state index is 0.359. The molecule has 3 rings (SSSR count). The van der Waals surface area contributed by atoms with Gasteiger partial charge in [0.25, 0.3) is 0 Å². The molecule has 0 aromatic carbocycles. The molecule has 2 heterocycles. The first-order valence-corrected chi connectivity index (χ1v) is 7.10. The molecule has 1 aliphatic carbocycles. The normalized spacial score (nSPS) is 22.9. The summed E-state index contributed by atoms with van der Waals surface area (Å²) in [6.07, 6.45) is 4.43. The van der Waals surface area contributed by atoms with E-state index in [0.29, 0.717) is 23.4 Å². The maximum Gasteiger partial charge on any atom is 0.230 e. The highest BCUT2D eigenvalue weighted by atomic mass is 16.5. The van der Waals surface area contributed by atoms with E-state index in [1.54, 1.807) is 0 Å². The molecule has 0 unspecified atom stereocenters. The molecule has 1 saturated carbocycles. The number of aromatic nitrogens is 4. The molecule has 0 aliphatic heterocycles. The average Bonchev–Trinajstić information content (AvgIpc) is 2.98. The van der Waals surface area contributed by atoms with Gasteiger partial charge in [0.15, 0.2) is 0 Å². The van der Waals surface area contributed by atoms with E-state index in [4.69, 9.17) is 10.3 Å². The topological polar surface area (TPSA) is 90.7 Å². The zero-order chi connectivity index (χ0) is 13.9. The fraction of sp³-hybridized carbons (Fsp3) is 0.571. The lowest BCUT2D eigenvalue weighted by Gasteiger charge is -2.24. The third-order valence-corrected chi connectivity index (χ3v) is 4.00. The minimum atomic E-state index is 0.359. The van der Waals surface area contributed by atoms with Crippen molar-refractivity contribution in [2.45, 2.75) is 38.5 Å². The number of aryl methyl sites for hydroxylation is 1. The van der Waals surface area contributed by atoms with Gasteiger partial charge in [-0.25, -0.2) is 0 Å². The van der Waals surface area contributed by atoms with Crippen molar-refractivity contribution < 1.29 is 4.52 Å². The Morgan fingerprint density at radius 2 is 2.00 bits per heavy atom. The highest BCUT2D eigenvalue weighted by molar-refractivity contribution is 5.46. The molecule has 6 heteroatoms. The van der Waals surface area contributed by atoms with E-state index in [1.807, 2.05) is 19.1 Å². The van der Waals surface area contributed by atoms with Crippen LogP contribution in [-0.4, -0.2) is 26.9 Å². The molecule has 0 atom stereocenters. The summed E-state index contributed by atoms with van der Waals surface area (Å²) in [5.74, 6) is 2.25. The first-order chi connectivity index (χ1) is 9.76. The maximum absolute atomic E-state index is 5.71. The lowest BCUT2D eigenvalue weighted by atomic mass is 9.82. The molecule has 0 radical (unpaired) electrons. The highest BCUT2D eigenvalue weighted by Crippen LogP contribution is 2.35. The van der Waals surface area contributed by atoms with Crippen LogP contribution in [0.3, 0.4) is 0 Å². The summed E-state index contributed by atoms with van der Waals surface area (Å²) >= 11 is 0. The van der Waals surface area contributed by atoms with Crippen molar-refractivity contribution >= 4 is 0 Å². The SMILES string of the molecule is Cc1ccc(-c2noc([C@H]3CC[C@H](CN)CC3)n2)nn1. The fourth-order valence-corrected chi connectivity index (χ4v) is 2.67. The zero-order valence-electron chi connectivity index (χ0n) is 11.6. The van der Waals surface area contributed by atoms with Gasteiger partial charge in [-0.1, -0.05) is 5.16 Å². The molecule has 2 N–H and O–H groups in total. The molecule has 106 valence electrons. The summed E-state index contributed by atoms with van der Waals surface area (Å²) in [7, 11) is 0. The van der Waals surface area contributed by atoms with Gasteiger partial charge in [0, 0.05) is 5.92 Å². The number of hydrogen-bond acceptors (Lipinski definition) is 6. The van der Waals surface area contributed by atoms with Gasteiger partial charge in [0.2, 0.25) is 11.7 Å². The van der Waals surface area contributed by atoms with E-state index < -0.39 is 0 Å². The van der Waals surface area contributed by atoms with E-state index in [1.165, 1.54) is 0 Å². The van der Waals surface area contributed by atoms with E-state index >= 15 is 0 Å². The van der Waals surface area contributed by atoms with Gasteiger partial charge in [-0.05, 0) is 57.2 Å². The van der Waals surface area contributed by atoms with E-state index in [0.717, 1.165) is 43.8 Å². The predicted molar refractivity (Wildman–Crippen MR) is 73.8 cm³/mol. The van der Waals surface area contributed by atoms with Gasteiger partial charge in [-0.2, -0.15) is 10.1 Å². The van der Waals surface area contributed by atoms with Gasteiger partial charge >= 0.3 is 0 Å². The van der Waals surface area contributed by atoms with Crippen LogP contribution in [-0.2, 0) is 0 Å². The van der Waals surface area contributed by atoms with Crippen molar-refractivity contribution in [2.75, 3.05) is 6.54 Å². The first kappa shape index (κ1) is 13.2. The largest absolute Gasteiger partial charge is 0.339 e. The summed E-state index contributed by atoms with van der Waals surface area (Å²) in [5.41, 5.74) is 7.24. The van der Waals surface area contributed by atoms with Gasteiger partial charge in [0.1, 0.15) is 5.69 Å². The second-order valence-corrected chi connectivity index (χ2v) is 5.47. The molecular weight excluding hydrogens is 254 g/mol. The smallest absolute Gasteiger partial charge is 0.230 e. The third kappa shape index (κ3) is 2.70. The lowest BCUT2D eigenvalue weighted by Crippen LogP contribution is -2.20. The van der Waals surface area contributed by atoms with Crippen LogP contribution in [0, 0.1) is 12.8 Å². The van der Waals surface area contributed by atoms with Gasteiger partial charge < -0.3 is 10.3 Å². The number of hydrogen-bond donors (Lipinski definition) is 1. The summed E-state index contributed by atoms with van der Waals surface area (Å²) in [6.45, 7) is 2.68. The van der Waals surface area contributed by atoms with Gasteiger partial charge in [0.05, 0.1) is 5.69 Å². The van der Waals surface area contributed by atoms with Crippen molar-refractivity contribution in [2.24, 2.45) is 11.7 Å². The van der Waals surface area contributed by atoms with Crippen LogP contribution in [0.1, 0.15) is 43.2 Å². The monoisotopic (exact) mass is 273 g/mol. The molecule has 1 fully saturated rings. The Hall–Kier alpha value is -1.82. The van der Waals surface area contributed by atoms with Crippen LogP contribution in [0.25, 0.3) is 11.5 Å². The summed E-state index contributed by atoms with van der Waals surface area (Å²) < 4.78 is 5.40. The maximum atomic E-state index is 5.71. The Labute approximate surface area is 117 Å². The third-order valence-electron chi connectivity index (χ3n) is 4.00. The summed E-state index contributed by atoms with van der Waals surface area (Å²) in [6, 6.07) is 3.76. The zero-order valence-corrected chi connectivity index (χ0v) is 11.6. The van der Waals surface area contributed by atoms with Crippen molar-refractivity contribution in [3.05, 3.63) is 23.7 Å². The highest BCUT2D eigenvalue weighted by Gasteiger charge is 2.26. The Morgan fingerprint density at radius 3 is 2.65 bits per heavy atom. The average molecular weight is 273 g/mol. The van der Waals surface area contributed by atoms with Crippen LogP contribution in [0.15, 0.2) is 16.7 Å². The van der Waals surface area contributed by atoms with Crippen molar-refractivity contribution in [1.82, 2.24) is 20.3 Å². The van der Waals surface area contributed by atoms with Crippen LogP contribution in [0.2, 0.25) is 0 Å². The Balaban J connectivity index is 1.72. The fourth-order valence-electron chi connectivity index (χ4n) is 2.67. The quantitative estimate of drug-likeness (QED) is 0.920.